The second-order valence-corrected chi connectivity index (χ2v) is 5.63. The molecule has 0 amide bonds. The Hall–Kier alpha value is -2.00. The number of aryl methyl sites for hydroxylation is 2. The Morgan fingerprint density at radius 3 is 2.62 bits per heavy atom. The molecule has 1 heterocycles. The number of hydrogen-bond acceptors (Lipinski definition) is 3. The molecule has 2 aromatic carbocycles. The largest absolute Gasteiger partial charge is 0.454 e. The van der Waals surface area contributed by atoms with Gasteiger partial charge in [0.25, 0.3) is 0 Å². The fourth-order valence-corrected chi connectivity index (χ4v) is 2.47. The normalized spacial score (nSPS) is 14.2. The zero-order valence-electron chi connectivity index (χ0n) is 12.8. The van der Waals surface area contributed by atoms with Crippen LogP contribution in [0.4, 0.5) is 0 Å². The SMILES string of the molecule is Cc1ccc(C(C)NCc2ccc3c(c2)OCO3)cc1C. The first-order chi connectivity index (χ1) is 10.1. The van der Waals surface area contributed by atoms with Crippen LogP contribution in [-0.2, 0) is 6.54 Å². The highest BCUT2D eigenvalue weighted by molar-refractivity contribution is 5.44. The van der Waals surface area contributed by atoms with Crippen LogP contribution in [0.25, 0.3) is 0 Å². The van der Waals surface area contributed by atoms with Gasteiger partial charge in [-0.15, -0.1) is 0 Å². The minimum atomic E-state index is 0.315. The van der Waals surface area contributed by atoms with Crippen LogP contribution < -0.4 is 14.8 Å². The van der Waals surface area contributed by atoms with Gasteiger partial charge in [0.2, 0.25) is 6.79 Å². The van der Waals surface area contributed by atoms with Gasteiger partial charge in [0.05, 0.1) is 0 Å². The molecule has 1 aliphatic heterocycles. The molecular formula is C18H21NO2. The summed E-state index contributed by atoms with van der Waals surface area (Å²) in [5, 5.41) is 3.56. The van der Waals surface area contributed by atoms with Crippen LogP contribution in [0, 0.1) is 13.8 Å². The van der Waals surface area contributed by atoms with E-state index in [-0.39, 0.29) is 0 Å². The molecule has 21 heavy (non-hydrogen) atoms. The summed E-state index contributed by atoms with van der Waals surface area (Å²) in [6, 6.07) is 13.0. The number of ether oxygens (including phenoxy) is 2. The average molecular weight is 283 g/mol. The molecule has 0 radical (unpaired) electrons. The third-order valence-corrected chi connectivity index (χ3v) is 4.08. The lowest BCUT2D eigenvalue weighted by molar-refractivity contribution is 0.174. The van der Waals surface area contributed by atoms with Crippen molar-refractivity contribution in [3.8, 4) is 11.5 Å². The summed E-state index contributed by atoms with van der Waals surface area (Å²) in [5.41, 5.74) is 5.19. The molecule has 0 fully saturated rings. The Kier molecular flexibility index (Phi) is 3.84. The maximum Gasteiger partial charge on any atom is 0.231 e. The van der Waals surface area contributed by atoms with Crippen LogP contribution in [0.3, 0.4) is 0 Å². The van der Waals surface area contributed by atoms with Gasteiger partial charge in [-0.3, -0.25) is 0 Å². The summed E-state index contributed by atoms with van der Waals surface area (Å²) in [6.45, 7) is 7.63. The van der Waals surface area contributed by atoms with Crippen LogP contribution in [0.2, 0.25) is 0 Å². The first-order valence-electron chi connectivity index (χ1n) is 7.32. The number of rotatable bonds is 4. The van der Waals surface area contributed by atoms with Crippen molar-refractivity contribution >= 4 is 0 Å². The number of hydrogen-bond donors (Lipinski definition) is 1. The van der Waals surface area contributed by atoms with Crippen molar-refractivity contribution in [1.82, 2.24) is 5.32 Å². The highest BCUT2D eigenvalue weighted by atomic mass is 16.7. The van der Waals surface area contributed by atoms with Crippen molar-refractivity contribution < 1.29 is 9.47 Å². The van der Waals surface area contributed by atoms with E-state index in [0.29, 0.717) is 12.8 Å². The lowest BCUT2D eigenvalue weighted by atomic mass is 10.0. The summed E-state index contributed by atoms with van der Waals surface area (Å²) < 4.78 is 10.7. The second-order valence-electron chi connectivity index (χ2n) is 5.63. The van der Waals surface area contributed by atoms with Gasteiger partial charge < -0.3 is 14.8 Å². The van der Waals surface area contributed by atoms with Gasteiger partial charge in [-0.2, -0.15) is 0 Å². The third kappa shape index (κ3) is 3.03. The first-order valence-corrected chi connectivity index (χ1v) is 7.32. The molecule has 0 saturated heterocycles. The molecule has 0 saturated carbocycles. The van der Waals surface area contributed by atoms with Crippen LogP contribution in [0.1, 0.15) is 35.2 Å². The van der Waals surface area contributed by atoms with Crippen LogP contribution in [0.5, 0.6) is 11.5 Å². The van der Waals surface area contributed by atoms with E-state index >= 15 is 0 Å². The standard InChI is InChI=1S/C18H21NO2/c1-12-4-6-16(8-13(12)2)14(3)19-10-15-5-7-17-18(9-15)21-11-20-17/h4-9,14,19H,10-11H2,1-3H3. The maximum absolute atomic E-state index is 5.41. The Morgan fingerprint density at radius 2 is 1.81 bits per heavy atom. The molecule has 0 aromatic heterocycles. The zero-order chi connectivity index (χ0) is 14.8. The van der Waals surface area contributed by atoms with Gasteiger partial charge in [-0.25, -0.2) is 0 Å². The minimum absolute atomic E-state index is 0.315. The van der Waals surface area contributed by atoms with Crippen LogP contribution >= 0.6 is 0 Å². The summed E-state index contributed by atoms with van der Waals surface area (Å²) >= 11 is 0. The van der Waals surface area contributed by atoms with Gasteiger partial charge in [0.15, 0.2) is 11.5 Å². The molecule has 110 valence electrons. The fourth-order valence-electron chi connectivity index (χ4n) is 2.47. The molecule has 3 rings (SSSR count). The maximum atomic E-state index is 5.41. The number of fused-ring (bicyclic) bond motifs is 1. The summed E-state index contributed by atoms with van der Waals surface area (Å²) in [6.07, 6.45) is 0. The number of nitrogens with one attached hydrogen (secondary N) is 1. The first kappa shape index (κ1) is 14.0. The summed E-state index contributed by atoms with van der Waals surface area (Å²) in [5.74, 6) is 1.68. The van der Waals surface area contributed by atoms with Crippen LogP contribution in [0.15, 0.2) is 36.4 Å². The van der Waals surface area contributed by atoms with E-state index in [0.717, 1.165) is 18.0 Å². The van der Waals surface area contributed by atoms with Crippen molar-refractivity contribution in [3.05, 3.63) is 58.7 Å². The molecule has 3 heteroatoms. The topological polar surface area (TPSA) is 30.5 Å². The molecule has 1 atom stereocenters. The lowest BCUT2D eigenvalue weighted by Gasteiger charge is -2.16. The molecule has 3 nitrogen and oxygen atoms in total. The predicted octanol–water partition coefficient (Wildman–Crippen LogP) is 3.88. The summed E-state index contributed by atoms with van der Waals surface area (Å²) in [7, 11) is 0. The minimum Gasteiger partial charge on any atom is -0.454 e. The van der Waals surface area contributed by atoms with Crippen molar-refractivity contribution in [2.75, 3.05) is 6.79 Å². The van der Waals surface area contributed by atoms with E-state index in [1.165, 1.54) is 22.3 Å². The Balaban J connectivity index is 1.65. The van der Waals surface area contributed by atoms with Crippen molar-refractivity contribution in [1.29, 1.82) is 0 Å². The Morgan fingerprint density at radius 1 is 1.00 bits per heavy atom. The molecule has 0 bridgehead atoms. The van der Waals surface area contributed by atoms with Crippen molar-refractivity contribution in [2.24, 2.45) is 0 Å². The molecule has 1 N–H and O–H groups in total. The quantitative estimate of drug-likeness (QED) is 0.923. The molecule has 0 spiro atoms. The molecule has 0 aliphatic carbocycles. The van der Waals surface area contributed by atoms with Gasteiger partial charge in [-0.05, 0) is 55.2 Å². The van der Waals surface area contributed by atoms with Crippen molar-refractivity contribution in [3.63, 3.8) is 0 Å². The van der Waals surface area contributed by atoms with Gasteiger partial charge in [-0.1, -0.05) is 24.3 Å². The average Bonchev–Trinajstić information content (AvgIpc) is 2.95. The molecule has 1 aliphatic rings. The predicted molar refractivity (Wildman–Crippen MR) is 83.7 cm³/mol. The smallest absolute Gasteiger partial charge is 0.231 e. The Bertz CT molecular complexity index is 652. The van der Waals surface area contributed by atoms with Gasteiger partial charge >= 0.3 is 0 Å². The van der Waals surface area contributed by atoms with E-state index < -0.39 is 0 Å². The van der Waals surface area contributed by atoms with Crippen LogP contribution in [-0.4, -0.2) is 6.79 Å². The highest BCUT2D eigenvalue weighted by Gasteiger charge is 2.13. The zero-order valence-corrected chi connectivity index (χ0v) is 12.8. The highest BCUT2D eigenvalue weighted by Crippen LogP contribution is 2.32. The monoisotopic (exact) mass is 283 g/mol. The number of benzene rings is 2. The summed E-state index contributed by atoms with van der Waals surface area (Å²) in [4.78, 5) is 0. The van der Waals surface area contributed by atoms with E-state index in [1.54, 1.807) is 0 Å². The Labute approximate surface area is 125 Å². The van der Waals surface area contributed by atoms with E-state index in [2.05, 4.69) is 50.4 Å². The third-order valence-electron chi connectivity index (χ3n) is 4.08. The second kappa shape index (κ2) is 5.78. The van der Waals surface area contributed by atoms with Gasteiger partial charge in [0, 0.05) is 12.6 Å². The van der Waals surface area contributed by atoms with E-state index in [4.69, 9.17) is 9.47 Å². The van der Waals surface area contributed by atoms with Gasteiger partial charge in [0.1, 0.15) is 0 Å². The molecule has 2 aromatic rings. The molecule has 1 unspecified atom stereocenters. The molecular weight excluding hydrogens is 262 g/mol. The van der Waals surface area contributed by atoms with E-state index in [1.807, 2.05) is 12.1 Å². The lowest BCUT2D eigenvalue weighted by Crippen LogP contribution is -2.18. The van der Waals surface area contributed by atoms with Crippen molar-refractivity contribution in [2.45, 2.75) is 33.4 Å². The fraction of sp³-hybridized carbons (Fsp3) is 0.333. The van der Waals surface area contributed by atoms with E-state index in [9.17, 15) is 0 Å².